The molecule has 1 amide bonds. The molecule has 0 aliphatic carbocycles. The molecule has 0 aliphatic rings. The number of thioether (sulfide) groups is 1. The molecule has 0 fully saturated rings. The van der Waals surface area contributed by atoms with Crippen molar-refractivity contribution in [2.75, 3.05) is 25.2 Å². The summed E-state index contributed by atoms with van der Waals surface area (Å²) >= 11 is 1.62. The summed E-state index contributed by atoms with van der Waals surface area (Å²) in [5, 5.41) is 15.2. The molecule has 1 rings (SSSR count). The summed E-state index contributed by atoms with van der Waals surface area (Å²) in [4.78, 5) is 23.3. The monoisotopic (exact) mass is 412 g/mol. The van der Waals surface area contributed by atoms with Gasteiger partial charge in [-0.05, 0) is 63.8 Å². The molecule has 1 aromatic rings. The van der Waals surface area contributed by atoms with Crippen LogP contribution < -0.4 is 20.1 Å². The van der Waals surface area contributed by atoms with Gasteiger partial charge in [0.25, 0.3) is 5.91 Å². The zero-order valence-corrected chi connectivity index (χ0v) is 18.1. The van der Waals surface area contributed by atoms with Gasteiger partial charge in [0.1, 0.15) is 6.04 Å². The highest BCUT2D eigenvalue weighted by Crippen LogP contribution is 2.28. The lowest BCUT2D eigenvalue weighted by molar-refractivity contribution is -0.139. The Morgan fingerprint density at radius 1 is 1.21 bits per heavy atom. The smallest absolute Gasteiger partial charge is 0.320 e. The molecular formula is C20H32N2O5S. The number of carbonyl (C=O) groups is 2. The van der Waals surface area contributed by atoms with Crippen LogP contribution in [-0.2, 0) is 16.1 Å². The molecule has 1 atom stereocenters. The number of ether oxygens (including phenoxy) is 2. The molecule has 1 aromatic carbocycles. The van der Waals surface area contributed by atoms with Crippen molar-refractivity contribution in [2.24, 2.45) is 0 Å². The largest absolute Gasteiger partial charge is 0.490 e. The average molecular weight is 413 g/mol. The highest BCUT2D eigenvalue weighted by molar-refractivity contribution is 7.98. The predicted molar refractivity (Wildman–Crippen MR) is 112 cm³/mol. The molecule has 0 aromatic heterocycles. The van der Waals surface area contributed by atoms with E-state index in [1.807, 2.05) is 40.0 Å². The number of amides is 1. The zero-order valence-electron chi connectivity index (χ0n) is 17.3. The van der Waals surface area contributed by atoms with Crippen LogP contribution in [0.1, 0.15) is 39.7 Å². The van der Waals surface area contributed by atoms with Gasteiger partial charge in [-0.1, -0.05) is 6.07 Å². The van der Waals surface area contributed by atoms with E-state index >= 15 is 0 Å². The summed E-state index contributed by atoms with van der Waals surface area (Å²) in [7, 11) is 0. The number of carboxylic acids is 1. The van der Waals surface area contributed by atoms with E-state index in [0.717, 1.165) is 11.3 Å². The highest BCUT2D eigenvalue weighted by atomic mass is 32.2. The Kier molecular flexibility index (Phi) is 10.2. The summed E-state index contributed by atoms with van der Waals surface area (Å²) in [6.07, 6.45) is 2.51. The number of hydrogen-bond acceptors (Lipinski definition) is 6. The molecule has 158 valence electrons. The normalized spacial score (nSPS) is 12.3. The van der Waals surface area contributed by atoms with Gasteiger partial charge in [-0.2, -0.15) is 11.8 Å². The molecule has 0 radical (unpaired) electrons. The van der Waals surface area contributed by atoms with E-state index in [2.05, 4.69) is 10.6 Å². The van der Waals surface area contributed by atoms with Gasteiger partial charge in [0.05, 0.1) is 6.61 Å². The van der Waals surface area contributed by atoms with Gasteiger partial charge in [-0.25, -0.2) is 0 Å². The minimum absolute atomic E-state index is 0.106. The Hall–Kier alpha value is -1.93. The van der Waals surface area contributed by atoms with Crippen LogP contribution in [0.15, 0.2) is 18.2 Å². The van der Waals surface area contributed by atoms with Crippen LogP contribution in [0.3, 0.4) is 0 Å². The summed E-state index contributed by atoms with van der Waals surface area (Å²) < 4.78 is 11.2. The standard InChI is InChI=1S/C20H32N2O5S/c1-6-26-17-11-14(12-21-15(19(24)25)9-10-28-5)7-8-16(17)27-13-18(23)22-20(2,3)4/h7-8,11,15,21H,6,9-10,12-13H2,1-5H3,(H,22,23)(H,24,25). The van der Waals surface area contributed by atoms with Gasteiger partial charge in [0.15, 0.2) is 18.1 Å². The molecule has 0 spiro atoms. The lowest BCUT2D eigenvalue weighted by Gasteiger charge is -2.21. The second-order valence-electron chi connectivity index (χ2n) is 7.35. The molecule has 0 aliphatic heterocycles. The Bertz CT molecular complexity index is 646. The Labute approximate surface area is 171 Å². The fraction of sp³-hybridized carbons (Fsp3) is 0.600. The SMILES string of the molecule is CCOc1cc(CNC(CCSC)C(=O)O)ccc1OCC(=O)NC(C)(C)C. The van der Waals surface area contributed by atoms with Gasteiger partial charge in [0, 0.05) is 12.1 Å². The van der Waals surface area contributed by atoms with Crippen LogP contribution in [0.25, 0.3) is 0 Å². The first-order chi connectivity index (χ1) is 13.2. The van der Waals surface area contributed by atoms with E-state index in [1.165, 1.54) is 0 Å². The van der Waals surface area contributed by atoms with E-state index < -0.39 is 12.0 Å². The lowest BCUT2D eigenvalue weighted by Crippen LogP contribution is -2.43. The third-order valence-corrected chi connectivity index (χ3v) is 4.29. The van der Waals surface area contributed by atoms with Crippen molar-refractivity contribution in [3.8, 4) is 11.5 Å². The van der Waals surface area contributed by atoms with E-state index in [9.17, 15) is 14.7 Å². The Morgan fingerprint density at radius 3 is 2.50 bits per heavy atom. The van der Waals surface area contributed by atoms with Crippen molar-refractivity contribution in [3.05, 3.63) is 23.8 Å². The number of rotatable bonds is 12. The Morgan fingerprint density at radius 2 is 1.93 bits per heavy atom. The Balaban J connectivity index is 2.75. The molecule has 8 heteroatoms. The summed E-state index contributed by atoms with van der Waals surface area (Å²) in [5.74, 6) is 0.716. The maximum Gasteiger partial charge on any atom is 0.320 e. The first-order valence-corrected chi connectivity index (χ1v) is 10.7. The van der Waals surface area contributed by atoms with Crippen LogP contribution in [0.2, 0.25) is 0 Å². The van der Waals surface area contributed by atoms with Crippen molar-refractivity contribution >= 4 is 23.6 Å². The van der Waals surface area contributed by atoms with Crippen molar-refractivity contribution < 1.29 is 24.2 Å². The average Bonchev–Trinajstić information content (AvgIpc) is 2.59. The first-order valence-electron chi connectivity index (χ1n) is 9.31. The van der Waals surface area contributed by atoms with Gasteiger partial charge < -0.3 is 25.2 Å². The lowest BCUT2D eigenvalue weighted by atomic mass is 10.1. The summed E-state index contributed by atoms with van der Waals surface area (Å²) in [6.45, 7) is 8.32. The van der Waals surface area contributed by atoms with Crippen LogP contribution in [-0.4, -0.2) is 53.8 Å². The van der Waals surface area contributed by atoms with Crippen LogP contribution in [0.4, 0.5) is 0 Å². The molecule has 3 N–H and O–H groups in total. The topological polar surface area (TPSA) is 96.9 Å². The highest BCUT2D eigenvalue weighted by Gasteiger charge is 2.17. The second-order valence-corrected chi connectivity index (χ2v) is 8.34. The van der Waals surface area contributed by atoms with E-state index in [4.69, 9.17) is 9.47 Å². The number of carbonyl (C=O) groups excluding carboxylic acids is 1. The van der Waals surface area contributed by atoms with Gasteiger partial charge >= 0.3 is 5.97 Å². The molecule has 7 nitrogen and oxygen atoms in total. The number of carboxylic acid groups (broad SMARTS) is 1. The molecule has 0 bridgehead atoms. The fourth-order valence-corrected chi connectivity index (χ4v) is 2.91. The molecular weight excluding hydrogens is 380 g/mol. The number of benzene rings is 1. The molecule has 0 saturated heterocycles. The number of aliphatic carboxylic acids is 1. The van der Waals surface area contributed by atoms with Crippen molar-refractivity contribution in [1.82, 2.24) is 10.6 Å². The zero-order chi connectivity index (χ0) is 21.2. The summed E-state index contributed by atoms with van der Waals surface area (Å²) in [6, 6.07) is 4.78. The molecule has 1 unspecified atom stereocenters. The third-order valence-electron chi connectivity index (χ3n) is 3.64. The van der Waals surface area contributed by atoms with Gasteiger partial charge in [0.2, 0.25) is 0 Å². The molecule has 0 saturated carbocycles. The maximum absolute atomic E-state index is 12.0. The number of hydrogen-bond donors (Lipinski definition) is 3. The fourth-order valence-electron chi connectivity index (χ4n) is 2.44. The number of nitrogens with one attached hydrogen (secondary N) is 2. The quantitative estimate of drug-likeness (QED) is 0.486. The van der Waals surface area contributed by atoms with E-state index in [0.29, 0.717) is 31.1 Å². The van der Waals surface area contributed by atoms with Crippen molar-refractivity contribution in [3.63, 3.8) is 0 Å². The minimum Gasteiger partial charge on any atom is -0.490 e. The maximum atomic E-state index is 12.0. The van der Waals surface area contributed by atoms with Gasteiger partial charge in [-0.15, -0.1) is 0 Å². The first kappa shape index (κ1) is 24.1. The summed E-state index contributed by atoms with van der Waals surface area (Å²) in [5.41, 5.74) is 0.556. The molecule has 28 heavy (non-hydrogen) atoms. The van der Waals surface area contributed by atoms with E-state index in [-0.39, 0.29) is 18.1 Å². The minimum atomic E-state index is -0.858. The predicted octanol–water partition coefficient (Wildman–Crippen LogP) is 2.67. The van der Waals surface area contributed by atoms with Crippen molar-refractivity contribution in [1.29, 1.82) is 0 Å². The van der Waals surface area contributed by atoms with Crippen LogP contribution >= 0.6 is 11.8 Å². The van der Waals surface area contributed by atoms with Gasteiger partial charge in [-0.3, -0.25) is 9.59 Å². The third kappa shape index (κ3) is 9.32. The van der Waals surface area contributed by atoms with E-state index in [1.54, 1.807) is 23.9 Å². The second kappa shape index (κ2) is 11.8. The van der Waals surface area contributed by atoms with Crippen LogP contribution in [0.5, 0.6) is 11.5 Å². The van der Waals surface area contributed by atoms with Crippen molar-refractivity contribution in [2.45, 2.75) is 52.2 Å². The molecule has 0 heterocycles. The van der Waals surface area contributed by atoms with Crippen LogP contribution in [0, 0.1) is 0 Å².